The van der Waals surface area contributed by atoms with Gasteiger partial charge >= 0.3 is 0 Å². The first kappa shape index (κ1) is 28.9. The summed E-state index contributed by atoms with van der Waals surface area (Å²) in [5.74, 6) is -0.759. The maximum Gasteiger partial charge on any atom is 0.264 e. The average Bonchev–Trinajstić information content (AvgIpc) is 2.90. The number of carbonyl (C=O) groups excluding carboxylic acids is 2. The van der Waals surface area contributed by atoms with Crippen LogP contribution < -0.4 is 9.62 Å². The number of hydrogen-bond donors (Lipinski definition) is 1. The molecule has 0 saturated carbocycles. The first-order chi connectivity index (χ1) is 18.0. The Bertz CT molecular complexity index is 1380. The third-order valence-electron chi connectivity index (χ3n) is 6.84. The summed E-state index contributed by atoms with van der Waals surface area (Å²) >= 11 is 0. The Morgan fingerprint density at radius 1 is 0.868 bits per heavy atom. The summed E-state index contributed by atoms with van der Waals surface area (Å²) in [6.45, 7) is 9.17. The van der Waals surface area contributed by atoms with Gasteiger partial charge in [0.15, 0.2) is 0 Å². The van der Waals surface area contributed by atoms with E-state index in [-0.39, 0.29) is 17.3 Å². The highest BCUT2D eigenvalue weighted by Crippen LogP contribution is 2.29. The maximum atomic E-state index is 14.0. The fourth-order valence-corrected chi connectivity index (χ4v) is 5.80. The van der Waals surface area contributed by atoms with Gasteiger partial charge in [0.1, 0.15) is 12.6 Å². The Kier molecular flexibility index (Phi) is 9.33. The number of likely N-dealkylation sites (N-methyl/N-ethyl adjacent to an activating group) is 1. The number of hydrogen-bond acceptors (Lipinski definition) is 4. The molecule has 38 heavy (non-hydrogen) atoms. The van der Waals surface area contributed by atoms with Gasteiger partial charge in [0.2, 0.25) is 11.8 Å². The predicted molar refractivity (Wildman–Crippen MR) is 152 cm³/mol. The number of sulfonamides is 1. The molecule has 1 atom stereocenters. The minimum absolute atomic E-state index is 0.0974. The number of nitrogens with one attached hydrogen (secondary N) is 1. The van der Waals surface area contributed by atoms with Gasteiger partial charge in [-0.1, -0.05) is 66.6 Å². The van der Waals surface area contributed by atoms with Crippen molar-refractivity contribution in [3.63, 3.8) is 0 Å². The summed E-state index contributed by atoms with van der Waals surface area (Å²) in [4.78, 5) is 28.4. The van der Waals surface area contributed by atoms with E-state index in [0.717, 1.165) is 27.8 Å². The van der Waals surface area contributed by atoms with Crippen LogP contribution >= 0.6 is 0 Å². The maximum absolute atomic E-state index is 14.0. The number of benzene rings is 3. The Hall–Kier alpha value is -3.65. The van der Waals surface area contributed by atoms with Crippen molar-refractivity contribution in [2.75, 3.05) is 17.9 Å². The van der Waals surface area contributed by atoms with Gasteiger partial charge in [0.05, 0.1) is 10.6 Å². The Labute approximate surface area is 226 Å². The Balaban J connectivity index is 2.10. The molecule has 0 aromatic heterocycles. The van der Waals surface area contributed by atoms with Crippen LogP contribution in [0.25, 0.3) is 0 Å². The minimum Gasteiger partial charge on any atom is -0.357 e. The van der Waals surface area contributed by atoms with E-state index in [9.17, 15) is 18.0 Å². The molecule has 1 N–H and O–H groups in total. The zero-order chi connectivity index (χ0) is 28.0. The van der Waals surface area contributed by atoms with Gasteiger partial charge in [-0.15, -0.1) is 0 Å². The molecule has 0 aliphatic rings. The van der Waals surface area contributed by atoms with Crippen LogP contribution in [0.15, 0.2) is 71.6 Å². The average molecular weight is 536 g/mol. The number of carbonyl (C=O) groups is 2. The van der Waals surface area contributed by atoms with Gasteiger partial charge in [0.25, 0.3) is 10.0 Å². The van der Waals surface area contributed by atoms with Crippen LogP contribution in [0.1, 0.15) is 41.2 Å². The SMILES string of the molecule is CC[C@@H](C(=O)NC)N(Cc1ccc(C)cc1)C(=O)CN(c1cccc(C)c1C)S(=O)(=O)c1ccc(C)cc1. The lowest BCUT2D eigenvalue weighted by atomic mass is 10.1. The van der Waals surface area contributed by atoms with E-state index in [4.69, 9.17) is 0 Å². The normalized spacial score (nSPS) is 12.1. The molecule has 2 amide bonds. The number of anilines is 1. The van der Waals surface area contributed by atoms with E-state index >= 15 is 0 Å². The van der Waals surface area contributed by atoms with E-state index in [1.165, 1.54) is 16.3 Å². The van der Waals surface area contributed by atoms with Gasteiger partial charge in [-0.05, 0) is 69.0 Å². The smallest absolute Gasteiger partial charge is 0.264 e. The summed E-state index contributed by atoms with van der Waals surface area (Å²) in [6, 6.07) is 18.9. The monoisotopic (exact) mass is 535 g/mol. The molecule has 0 spiro atoms. The standard InChI is InChI=1S/C30H37N3O4S/c1-7-27(30(35)31-6)32(19-25-15-11-21(2)12-16-25)29(34)20-33(28-10-8-9-23(4)24(28)5)38(36,37)26-17-13-22(3)14-18-26/h8-18,27H,7,19-20H2,1-6H3,(H,31,35)/t27-/m0/s1. The number of rotatable bonds is 10. The number of aryl methyl sites for hydroxylation is 3. The van der Waals surface area contributed by atoms with Gasteiger partial charge in [-0.2, -0.15) is 0 Å². The highest BCUT2D eigenvalue weighted by molar-refractivity contribution is 7.92. The molecule has 0 fully saturated rings. The van der Waals surface area contributed by atoms with Crippen LogP contribution in [0.2, 0.25) is 0 Å². The van der Waals surface area contributed by atoms with Crippen molar-refractivity contribution in [2.24, 2.45) is 0 Å². The van der Waals surface area contributed by atoms with E-state index in [0.29, 0.717) is 12.1 Å². The molecule has 0 saturated heterocycles. The second-order valence-electron chi connectivity index (χ2n) is 9.59. The quantitative estimate of drug-likeness (QED) is 0.409. The van der Waals surface area contributed by atoms with Crippen molar-refractivity contribution in [3.8, 4) is 0 Å². The van der Waals surface area contributed by atoms with Crippen molar-refractivity contribution in [2.45, 2.75) is 58.5 Å². The fraction of sp³-hybridized carbons (Fsp3) is 0.333. The topological polar surface area (TPSA) is 86.8 Å². The van der Waals surface area contributed by atoms with Crippen molar-refractivity contribution >= 4 is 27.5 Å². The van der Waals surface area contributed by atoms with Crippen LogP contribution in [-0.2, 0) is 26.2 Å². The van der Waals surface area contributed by atoms with Crippen molar-refractivity contribution in [1.82, 2.24) is 10.2 Å². The zero-order valence-corrected chi connectivity index (χ0v) is 23.8. The summed E-state index contributed by atoms with van der Waals surface area (Å²) < 4.78 is 29.1. The lowest BCUT2D eigenvalue weighted by molar-refractivity contribution is -0.140. The van der Waals surface area contributed by atoms with Crippen molar-refractivity contribution < 1.29 is 18.0 Å². The summed E-state index contributed by atoms with van der Waals surface area (Å²) in [5.41, 5.74) is 4.97. The van der Waals surface area contributed by atoms with Crippen LogP contribution in [0.3, 0.4) is 0 Å². The molecule has 0 heterocycles. The van der Waals surface area contributed by atoms with Crippen molar-refractivity contribution in [1.29, 1.82) is 0 Å². The third-order valence-corrected chi connectivity index (χ3v) is 8.61. The Morgan fingerprint density at radius 3 is 2.00 bits per heavy atom. The highest BCUT2D eigenvalue weighted by atomic mass is 32.2. The minimum atomic E-state index is -4.09. The largest absolute Gasteiger partial charge is 0.357 e. The summed E-state index contributed by atoms with van der Waals surface area (Å²) in [5, 5.41) is 2.64. The van der Waals surface area contributed by atoms with Crippen LogP contribution in [0, 0.1) is 27.7 Å². The van der Waals surface area contributed by atoms with Crippen molar-refractivity contribution in [3.05, 3.63) is 94.5 Å². The van der Waals surface area contributed by atoms with Crippen LogP contribution in [0.5, 0.6) is 0 Å². The van der Waals surface area contributed by atoms with Crippen LogP contribution in [0.4, 0.5) is 5.69 Å². The van der Waals surface area contributed by atoms with E-state index in [2.05, 4.69) is 5.32 Å². The number of amides is 2. The molecule has 202 valence electrons. The first-order valence-corrected chi connectivity index (χ1v) is 14.2. The third kappa shape index (κ3) is 6.42. The lowest BCUT2D eigenvalue weighted by Gasteiger charge is -2.33. The second-order valence-corrected chi connectivity index (χ2v) is 11.5. The number of nitrogens with zero attached hydrogens (tertiary/aromatic N) is 2. The molecule has 3 aromatic carbocycles. The molecular formula is C30H37N3O4S. The van der Waals surface area contributed by atoms with Gasteiger partial charge < -0.3 is 10.2 Å². The second kappa shape index (κ2) is 12.3. The Morgan fingerprint density at radius 2 is 1.45 bits per heavy atom. The fourth-order valence-electron chi connectivity index (χ4n) is 4.33. The molecule has 0 unspecified atom stereocenters. The van der Waals surface area contributed by atoms with Gasteiger partial charge in [-0.25, -0.2) is 8.42 Å². The molecule has 0 radical (unpaired) electrons. The van der Waals surface area contributed by atoms with Gasteiger partial charge in [-0.3, -0.25) is 13.9 Å². The zero-order valence-electron chi connectivity index (χ0n) is 23.0. The molecule has 0 aliphatic heterocycles. The molecule has 3 aromatic rings. The van der Waals surface area contributed by atoms with E-state index in [1.807, 2.05) is 65.0 Å². The predicted octanol–water partition coefficient (Wildman–Crippen LogP) is 4.67. The van der Waals surface area contributed by atoms with Crippen LogP contribution in [-0.4, -0.2) is 44.8 Å². The first-order valence-electron chi connectivity index (χ1n) is 12.7. The lowest BCUT2D eigenvalue weighted by Crippen LogP contribution is -2.51. The summed E-state index contributed by atoms with van der Waals surface area (Å²) in [7, 11) is -2.56. The summed E-state index contributed by atoms with van der Waals surface area (Å²) in [6.07, 6.45) is 0.380. The molecule has 0 bridgehead atoms. The molecular weight excluding hydrogens is 498 g/mol. The molecule has 3 rings (SSSR count). The van der Waals surface area contributed by atoms with Gasteiger partial charge in [0, 0.05) is 13.6 Å². The molecule has 8 heteroatoms. The molecule has 7 nitrogen and oxygen atoms in total. The highest BCUT2D eigenvalue weighted by Gasteiger charge is 2.34. The molecule has 0 aliphatic carbocycles. The van der Waals surface area contributed by atoms with E-state index < -0.39 is 28.5 Å². The van der Waals surface area contributed by atoms with E-state index in [1.54, 1.807) is 36.4 Å².